The van der Waals surface area contributed by atoms with E-state index in [9.17, 15) is 0 Å². The number of fused-ring (bicyclic) bond motifs is 1. The standard InChI is InChI=1S/C13H10ClN3/c1-9-11(14)3-2-10-12(4-5-16-13(9)10)17-7-6-15-8-17/h2-8H,1H3. The summed E-state index contributed by atoms with van der Waals surface area (Å²) in [5, 5.41) is 1.82. The third-order valence-electron chi connectivity index (χ3n) is 2.86. The van der Waals surface area contributed by atoms with Gasteiger partial charge in [0.1, 0.15) is 0 Å². The molecule has 3 nitrogen and oxygen atoms in total. The third-order valence-corrected chi connectivity index (χ3v) is 3.27. The molecule has 0 fully saturated rings. The summed E-state index contributed by atoms with van der Waals surface area (Å²) in [6.07, 6.45) is 7.24. The molecular weight excluding hydrogens is 234 g/mol. The maximum Gasteiger partial charge on any atom is 0.0991 e. The van der Waals surface area contributed by atoms with Gasteiger partial charge in [-0.3, -0.25) is 4.98 Å². The topological polar surface area (TPSA) is 30.7 Å². The van der Waals surface area contributed by atoms with Crippen molar-refractivity contribution in [1.82, 2.24) is 14.5 Å². The van der Waals surface area contributed by atoms with E-state index in [4.69, 9.17) is 11.6 Å². The van der Waals surface area contributed by atoms with Crippen molar-refractivity contribution in [3.05, 3.63) is 53.7 Å². The first-order valence-electron chi connectivity index (χ1n) is 5.29. The average molecular weight is 244 g/mol. The number of pyridine rings is 1. The van der Waals surface area contributed by atoms with Crippen LogP contribution in [0.3, 0.4) is 0 Å². The number of aromatic nitrogens is 3. The number of hydrogen-bond acceptors (Lipinski definition) is 2. The molecule has 84 valence electrons. The second-order valence-corrected chi connectivity index (χ2v) is 4.28. The van der Waals surface area contributed by atoms with E-state index in [1.54, 1.807) is 18.7 Å². The summed E-state index contributed by atoms with van der Waals surface area (Å²) >= 11 is 6.11. The molecule has 0 radical (unpaired) electrons. The highest BCUT2D eigenvalue weighted by Crippen LogP contribution is 2.27. The molecule has 1 aromatic carbocycles. The lowest BCUT2D eigenvalue weighted by atomic mass is 10.1. The van der Waals surface area contributed by atoms with Gasteiger partial charge in [-0.25, -0.2) is 4.98 Å². The maximum atomic E-state index is 6.11. The van der Waals surface area contributed by atoms with E-state index in [-0.39, 0.29) is 0 Å². The van der Waals surface area contributed by atoms with Crippen LogP contribution in [0.5, 0.6) is 0 Å². The Morgan fingerprint density at radius 2 is 2.06 bits per heavy atom. The summed E-state index contributed by atoms with van der Waals surface area (Å²) in [4.78, 5) is 8.46. The van der Waals surface area contributed by atoms with Crippen LogP contribution in [0.15, 0.2) is 43.1 Å². The number of hydrogen-bond donors (Lipinski definition) is 0. The Bertz CT molecular complexity index is 674. The van der Waals surface area contributed by atoms with Gasteiger partial charge in [-0.1, -0.05) is 11.6 Å². The molecule has 0 unspecified atom stereocenters. The van der Waals surface area contributed by atoms with E-state index in [1.807, 2.05) is 35.9 Å². The predicted molar refractivity (Wildman–Crippen MR) is 68.6 cm³/mol. The SMILES string of the molecule is Cc1c(Cl)ccc2c(-n3ccnc3)ccnc12. The van der Waals surface area contributed by atoms with Gasteiger partial charge in [-0.05, 0) is 30.7 Å². The van der Waals surface area contributed by atoms with Crippen molar-refractivity contribution in [2.45, 2.75) is 6.92 Å². The minimum Gasteiger partial charge on any atom is -0.306 e. The lowest BCUT2D eigenvalue weighted by molar-refractivity contribution is 1.06. The number of halogens is 1. The van der Waals surface area contributed by atoms with Gasteiger partial charge >= 0.3 is 0 Å². The molecule has 2 aromatic heterocycles. The molecule has 0 saturated carbocycles. The average Bonchev–Trinajstić information content (AvgIpc) is 2.87. The summed E-state index contributed by atoms with van der Waals surface area (Å²) in [7, 11) is 0. The van der Waals surface area contributed by atoms with Crippen LogP contribution in [0, 0.1) is 6.92 Å². The van der Waals surface area contributed by atoms with Crippen LogP contribution in [0.1, 0.15) is 5.56 Å². The van der Waals surface area contributed by atoms with Crippen LogP contribution in [0.25, 0.3) is 16.6 Å². The summed E-state index contributed by atoms with van der Waals surface area (Å²) in [5.41, 5.74) is 3.00. The van der Waals surface area contributed by atoms with Crippen LogP contribution in [-0.2, 0) is 0 Å². The van der Waals surface area contributed by atoms with Crippen LogP contribution >= 0.6 is 11.6 Å². The molecule has 0 spiro atoms. The number of nitrogens with zero attached hydrogens (tertiary/aromatic N) is 3. The van der Waals surface area contributed by atoms with E-state index in [0.717, 1.165) is 27.2 Å². The van der Waals surface area contributed by atoms with Gasteiger partial charge in [0, 0.05) is 29.0 Å². The molecule has 0 N–H and O–H groups in total. The van der Waals surface area contributed by atoms with E-state index in [0.29, 0.717) is 0 Å². The smallest absolute Gasteiger partial charge is 0.0991 e. The molecule has 0 aliphatic rings. The summed E-state index contributed by atoms with van der Waals surface area (Å²) in [6.45, 7) is 1.98. The highest BCUT2D eigenvalue weighted by Gasteiger charge is 2.07. The van der Waals surface area contributed by atoms with Gasteiger partial charge in [0.15, 0.2) is 0 Å². The first kappa shape index (κ1) is 10.3. The van der Waals surface area contributed by atoms with Crippen molar-refractivity contribution in [1.29, 1.82) is 0 Å². The van der Waals surface area contributed by atoms with E-state index < -0.39 is 0 Å². The second-order valence-electron chi connectivity index (χ2n) is 3.87. The largest absolute Gasteiger partial charge is 0.306 e. The third kappa shape index (κ3) is 1.59. The van der Waals surface area contributed by atoms with Crippen LogP contribution in [0.4, 0.5) is 0 Å². The molecule has 17 heavy (non-hydrogen) atoms. The van der Waals surface area contributed by atoms with Gasteiger partial charge in [-0.2, -0.15) is 0 Å². The highest BCUT2D eigenvalue weighted by atomic mass is 35.5. The van der Waals surface area contributed by atoms with Gasteiger partial charge in [0.2, 0.25) is 0 Å². The van der Waals surface area contributed by atoms with Crippen LogP contribution in [-0.4, -0.2) is 14.5 Å². The van der Waals surface area contributed by atoms with E-state index >= 15 is 0 Å². The molecule has 3 rings (SSSR count). The molecule has 3 aromatic rings. The molecule has 0 saturated heterocycles. The fraction of sp³-hybridized carbons (Fsp3) is 0.0769. The summed E-state index contributed by atoms with van der Waals surface area (Å²) in [5.74, 6) is 0. The van der Waals surface area contributed by atoms with Gasteiger partial charge < -0.3 is 4.57 Å². The number of benzene rings is 1. The van der Waals surface area contributed by atoms with E-state index in [1.165, 1.54) is 0 Å². The Morgan fingerprint density at radius 1 is 1.18 bits per heavy atom. The molecule has 0 aliphatic heterocycles. The highest BCUT2D eigenvalue weighted by molar-refractivity contribution is 6.32. The van der Waals surface area contributed by atoms with Gasteiger partial charge in [0.25, 0.3) is 0 Å². The van der Waals surface area contributed by atoms with Gasteiger partial charge in [-0.15, -0.1) is 0 Å². The van der Waals surface area contributed by atoms with E-state index in [2.05, 4.69) is 9.97 Å². The lowest BCUT2D eigenvalue weighted by Crippen LogP contribution is -1.94. The Hall–Kier alpha value is -1.87. The van der Waals surface area contributed by atoms with Crippen LogP contribution < -0.4 is 0 Å². The normalized spacial score (nSPS) is 10.9. The van der Waals surface area contributed by atoms with Crippen molar-refractivity contribution in [3.8, 4) is 5.69 Å². The van der Waals surface area contributed by atoms with Crippen molar-refractivity contribution in [3.63, 3.8) is 0 Å². The zero-order valence-electron chi connectivity index (χ0n) is 9.26. The first-order valence-corrected chi connectivity index (χ1v) is 5.67. The minimum atomic E-state index is 0.743. The molecule has 0 atom stereocenters. The van der Waals surface area contributed by atoms with Crippen molar-refractivity contribution in [2.24, 2.45) is 0 Å². The second kappa shape index (κ2) is 3.86. The predicted octanol–water partition coefficient (Wildman–Crippen LogP) is 3.38. The summed E-state index contributed by atoms with van der Waals surface area (Å²) in [6, 6.07) is 5.87. The Labute approximate surface area is 104 Å². The molecular formula is C13H10ClN3. The maximum absolute atomic E-state index is 6.11. The first-order chi connectivity index (χ1) is 8.27. The van der Waals surface area contributed by atoms with Crippen molar-refractivity contribution < 1.29 is 0 Å². The Morgan fingerprint density at radius 3 is 2.82 bits per heavy atom. The molecule has 0 amide bonds. The zero-order chi connectivity index (χ0) is 11.8. The monoisotopic (exact) mass is 243 g/mol. The quantitative estimate of drug-likeness (QED) is 0.656. The molecule has 0 bridgehead atoms. The lowest BCUT2D eigenvalue weighted by Gasteiger charge is -2.09. The van der Waals surface area contributed by atoms with Crippen molar-refractivity contribution in [2.75, 3.05) is 0 Å². The van der Waals surface area contributed by atoms with Gasteiger partial charge in [0.05, 0.1) is 17.5 Å². The van der Waals surface area contributed by atoms with Crippen LogP contribution in [0.2, 0.25) is 5.02 Å². The molecule has 4 heteroatoms. The minimum absolute atomic E-state index is 0.743. The summed E-state index contributed by atoms with van der Waals surface area (Å²) < 4.78 is 1.97. The fourth-order valence-corrected chi connectivity index (χ4v) is 2.10. The van der Waals surface area contributed by atoms with Crippen molar-refractivity contribution >= 4 is 22.5 Å². The fourth-order valence-electron chi connectivity index (χ4n) is 1.95. The molecule has 0 aliphatic carbocycles. The Balaban J connectivity index is 2.38. The number of rotatable bonds is 1. The molecule has 2 heterocycles. The Kier molecular flexibility index (Phi) is 2.34. The number of aryl methyl sites for hydroxylation is 1. The zero-order valence-corrected chi connectivity index (χ0v) is 10.0. The number of imidazole rings is 1.